The molecule has 0 heterocycles. The second-order valence-corrected chi connectivity index (χ2v) is 4.65. The second kappa shape index (κ2) is 6.30. The zero-order valence-electron chi connectivity index (χ0n) is 10.9. The van der Waals surface area contributed by atoms with Crippen molar-refractivity contribution in [2.75, 3.05) is 12.4 Å². The van der Waals surface area contributed by atoms with Gasteiger partial charge in [0.1, 0.15) is 11.5 Å². The molecule has 0 atom stereocenters. The summed E-state index contributed by atoms with van der Waals surface area (Å²) in [7, 11) is 1.58. The first-order valence-corrected chi connectivity index (χ1v) is 6.37. The molecule has 2 rings (SSSR count). The Kier molecular flexibility index (Phi) is 4.48. The number of carbonyl (C=O) groups is 1. The van der Waals surface area contributed by atoms with Gasteiger partial charge in [0, 0.05) is 11.8 Å². The number of hydrogen-bond donors (Lipinski definition) is 2. The lowest BCUT2D eigenvalue weighted by molar-refractivity contribution is -0.115. The molecule has 0 aliphatic carbocycles. The Balaban J connectivity index is 2.03. The molecule has 0 radical (unpaired) electrons. The van der Waals surface area contributed by atoms with E-state index in [0.29, 0.717) is 11.4 Å². The van der Waals surface area contributed by atoms with Crippen molar-refractivity contribution in [3.8, 4) is 11.5 Å². The maximum atomic E-state index is 11.9. The van der Waals surface area contributed by atoms with Gasteiger partial charge in [-0.2, -0.15) is 0 Å². The maximum absolute atomic E-state index is 11.9. The van der Waals surface area contributed by atoms with Gasteiger partial charge in [-0.15, -0.1) is 0 Å². The Bertz CT molecular complexity index is 628. The summed E-state index contributed by atoms with van der Waals surface area (Å²) in [5.41, 5.74) is 1.35. The third kappa shape index (κ3) is 3.65. The lowest BCUT2D eigenvalue weighted by Crippen LogP contribution is -2.14. The van der Waals surface area contributed by atoms with Crippen LogP contribution in [0.4, 0.5) is 5.69 Å². The Labute approximate surface area is 122 Å². The molecular weight excluding hydrogens is 278 g/mol. The number of carbonyl (C=O) groups excluding carboxylic acids is 1. The van der Waals surface area contributed by atoms with Gasteiger partial charge in [0.25, 0.3) is 0 Å². The summed E-state index contributed by atoms with van der Waals surface area (Å²) in [6.07, 6.45) is 0.223. The number of ether oxygens (including phenoxy) is 1. The van der Waals surface area contributed by atoms with Gasteiger partial charge in [-0.25, -0.2) is 0 Å². The standard InChI is InChI=1S/C15H14ClNO3/c1-20-12-4-2-3-10(7-12)8-15(19)17-11-5-6-13(16)14(18)9-11/h2-7,9,18H,8H2,1H3,(H,17,19). The van der Waals surface area contributed by atoms with E-state index < -0.39 is 0 Å². The molecule has 4 nitrogen and oxygen atoms in total. The molecule has 0 aromatic heterocycles. The summed E-state index contributed by atoms with van der Waals surface area (Å²) in [5, 5.41) is 12.4. The number of anilines is 1. The summed E-state index contributed by atoms with van der Waals surface area (Å²) < 4.78 is 5.10. The van der Waals surface area contributed by atoms with Crippen LogP contribution in [0, 0.1) is 0 Å². The van der Waals surface area contributed by atoms with E-state index in [4.69, 9.17) is 16.3 Å². The number of hydrogen-bond acceptors (Lipinski definition) is 3. The lowest BCUT2D eigenvalue weighted by atomic mass is 10.1. The first kappa shape index (κ1) is 14.2. The zero-order valence-corrected chi connectivity index (χ0v) is 11.6. The van der Waals surface area contributed by atoms with Crippen molar-refractivity contribution in [1.82, 2.24) is 0 Å². The number of aromatic hydroxyl groups is 1. The molecule has 0 unspecified atom stereocenters. The molecule has 0 aliphatic heterocycles. The van der Waals surface area contributed by atoms with Crippen LogP contribution < -0.4 is 10.1 Å². The zero-order chi connectivity index (χ0) is 14.5. The van der Waals surface area contributed by atoms with Gasteiger partial charge in [-0.05, 0) is 29.8 Å². The van der Waals surface area contributed by atoms with Crippen molar-refractivity contribution in [3.05, 3.63) is 53.1 Å². The fourth-order valence-corrected chi connectivity index (χ4v) is 1.88. The molecule has 1 amide bonds. The van der Waals surface area contributed by atoms with Crippen molar-refractivity contribution in [2.45, 2.75) is 6.42 Å². The summed E-state index contributed by atoms with van der Waals surface area (Å²) in [5.74, 6) is 0.463. The SMILES string of the molecule is COc1cccc(CC(=O)Nc2ccc(Cl)c(O)c2)c1. The van der Waals surface area contributed by atoms with Crippen molar-refractivity contribution < 1.29 is 14.6 Å². The second-order valence-electron chi connectivity index (χ2n) is 4.24. The van der Waals surface area contributed by atoms with Crippen LogP contribution >= 0.6 is 11.6 Å². The van der Waals surface area contributed by atoms with Gasteiger partial charge in [0.05, 0.1) is 18.6 Å². The van der Waals surface area contributed by atoms with Crippen LogP contribution in [0.5, 0.6) is 11.5 Å². The van der Waals surface area contributed by atoms with Crippen LogP contribution in [0.2, 0.25) is 5.02 Å². The molecule has 0 bridgehead atoms. The van der Waals surface area contributed by atoms with Gasteiger partial charge in [-0.1, -0.05) is 23.7 Å². The molecule has 0 aliphatic rings. The van der Waals surface area contributed by atoms with E-state index in [1.54, 1.807) is 19.2 Å². The highest BCUT2D eigenvalue weighted by Gasteiger charge is 2.06. The number of amides is 1. The van der Waals surface area contributed by atoms with E-state index in [0.717, 1.165) is 5.56 Å². The number of phenolic OH excluding ortho intramolecular Hbond substituents is 1. The first-order valence-electron chi connectivity index (χ1n) is 6.00. The van der Waals surface area contributed by atoms with E-state index in [9.17, 15) is 9.90 Å². The Morgan fingerprint density at radius 1 is 1.30 bits per heavy atom. The minimum Gasteiger partial charge on any atom is -0.506 e. The van der Waals surface area contributed by atoms with Crippen LogP contribution in [-0.4, -0.2) is 18.1 Å². The van der Waals surface area contributed by atoms with E-state index in [1.807, 2.05) is 18.2 Å². The summed E-state index contributed by atoms with van der Waals surface area (Å²) in [4.78, 5) is 11.9. The quantitative estimate of drug-likeness (QED) is 0.909. The van der Waals surface area contributed by atoms with Gasteiger partial charge < -0.3 is 15.2 Å². The molecule has 2 aromatic carbocycles. The third-order valence-corrected chi connectivity index (χ3v) is 3.05. The lowest BCUT2D eigenvalue weighted by Gasteiger charge is -2.07. The van der Waals surface area contributed by atoms with Crippen molar-refractivity contribution in [1.29, 1.82) is 0 Å². The van der Waals surface area contributed by atoms with Gasteiger partial charge in [0.2, 0.25) is 5.91 Å². The van der Waals surface area contributed by atoms with E-state index in [-0.39, 0.29) is 23.1 Å². The third-order valence-electron chi connectivity index (χ3n) is 2.73. The fourth-order valence-electron chi connectivity index (χ4n) is 1.76. The van der Waals surface area contributed by atoms with Crippen LogP contribution in [0.25, 0.3) is 0 Å². The summed E-state index contributed by atoms with van der Waals surface area (Å²) >= 11 is 5.70. The fraction of sp³-hybridized carbons (Fsp3) is 0.133. The Morgan fingerprint density at radius 3 is 2.80 bits per heavy atom. The molecule has 0 spiro atoms. The molecule has 2 N–H and O–H groups in total. The van der Waals surface area contributed by atoms with Gasteiger partial charge in [-0.3, -0.25) is 4.79 Å². The molecule has 0 saturated carbocycles. The average Bonchev–Trinajstić information content (AvgIpc) is 2.43. The minimum atomic E-state index is -0.181. The topological polar surface area (TPSA) is 58.6 Å². The molecule has 104 valence electrons. The van der Waals surface area contributed by atoms with Crippen LogP contribution in [0.3, 0.4) is 0 Å². The molecule has 0 saturated heterocycles. The average molecular weight is 292 g/mol. The van der Waals surface area contributed by atoms with E-state index in [2.05, 4.69) is 5.32 Å². The number of benzene rings is 2. The number of rotatable bonds is 4. The van der Waals surface area contributed by atoms with Crippen LogP contribution in [0.15, 0.2) is 42.5 Å². The van der Waals surface area contributed by atoms with Gasteiger partial charge >= 0.3 is 0 Å². The number of methoxy groups -OCH3 is 1. The molecular formula is C15H14ClNO3. The maximum Gasteiger partial charge on any atom is 0.228 e. The smallest absolute Gasteiger partial charge is 0.228 e. The number of nitrogens with one attached hydrogen (secondary N) is 1. The largest absolute Gasteiger partial charge is 0.506 e. The van der Waals surface area contributed by atoms with Crippen molar-refractivity contribution >= 4 is 23.2 Å². The van der Waals surface area contributed by atoms with Crippen molar-refractivity contribution in [2.24, 2.45) is 0 Å². The Morgan fingerprint density at radius 2 is 2.10 bits per heavy atom. The van der Waals surface area contributed by atoms with Gasteiger partial charge in [0.15, 0.2) is 0 Å². The molecule has 20 heavy (non-hydrogen) atoms. The molecule has 2 aromatic rings. The highest BCUT2D eigenvalue weighted by molar-refractivity contribution is 6.32. The predicted octanol–water partition coefficient (Wildman–Crippen LogP) is 3.24. The molecule has 5 heteroatoms. The first-order chi connectivity index (χ1) is 9.58. The Hall–Kier alpha value is -2.20. The number of halogens is 1. The molecule has 0 fully saturated rings. The van der Waals surface area contributed by atoms with E-state index >= 15 is 0 Å². The highest BCUT2D eigenvalue weighted by atomic mass is 35.5. The summed E-state index contributed by atoms with van der Waals surface area (Å²) in [6, 6.07) is 11.9. The normalized spacial score (nSPS) is 10.1. The predicted molar refractivity (Wildman–Crippen MR) is 78.4 cm³/mol. The monoisotopic (exact) mass is 291 g/mol. The van der Waals surface area contributed by atoms with Crippen molar-refractivity contribution in [3.63, 3.8) is 0 Å². The van der Waals surface area contributed by atoms with Crippen LogP contribution in [0.1, 0.15) is 5.56 Å². The highest BCUT2D eigenvalue weighted by Crippen LogP contribution is 2.26. The minimum absolute atomic E-state index is 0.0640. The summed E-state index contributed by atoms with van der Waals surface area (Å²) in [6.45, 7) is 0. The van der Waals surface area contributed by atoms with E-state index in [1.165, 1.54) is 12.1 Å². The number of phenols is 1. The van der Waals surface area contributed by atoms with Crippen LogP contribution in [-0.2, 0) is 11.2 Å².